The number of anilines is 3. The number of aliphatic hydroxyl groups excluding tert-OH is 1. The van der Waals surface area contributed by atoms with E-state index in [0.29, 0.717) is 22.3 Å². The van der Waals surface area contributed by atoms with Crippen LogP contribution in [0.2, 0.25) is 0 Å². The molecule has 14 heteroatoms. The molecule has 1 aliphatic heterocycles. The quantitative estimate of drug-likeness (QED) is 0.347. The average Bonchev–Trinajstić information content (AvgIpc) is 3.52. The number of benzene rings is 1. The first-order valence-electron chi connectivity index (χ1n) is 11.1. The van der Waals surface area contributed by atoms with Gasteiger partial charge in [-0.2, -0.15) is 10.4 Å². The molecule has 1 aromatic carbocycles. The molecule has 2 amide bonds. The molecule has 1 aliphatic rings. The van der Waals surface area contributed by atoms with Crippen LogP contribution in [0.25, 0.3) is 16.7 Å². The van der Waals surface area contributed by atoms with Gasteiger partial charge in [-0.15, -0.1) is 10.2 Å². The molecular weight excluding hydrogens is 482 g/mol. The minimum atomic E-state index is -1.82. The summed E-state index contributed by atoms with van der Waals surface area (Å²) >= 11 is 0. The normalized spacial score (nSPS) is 17.9. The van der Waals surface area contributed by atoms with E-state index in [2.05, 4.69) is 25.8 Å². The summed E-state index contributed by atoms with van der Waals surface area (Å²) in [4.78, 5) is 27.5. The maximum Gasteiger partial charge on any atom is 0.260 e. The monoisotopic (exact) mass is 503 g/mol. The van der Waals surface area contributed by atoms with Crippen LogP contribution in [0.5, 0.6) is 0 Å². The molecule has 188 valence electrons. The van der Waals surface area contributed by atoms with Crippen molar-refractivity contribution in [3.8, 4) is 11.8 Å². The highest BCUT2D eigenvalue weighted by atomic mass is 16.5. The van der Waals surface area contributed by atoms with Crippen LogP contribution in [-0.4, -0.2) is 66.4 Å². The van der Waals surface area contributed by atoms with E-state index in [4.69, 9.17) is 20.3 Å². The lowest BCUT2D eigenvalue weighted by atomic mass is 10.0. The summed E-state index contributed by atoms with van der Waals surface area (Å²) < 4.78 is 12.3. The largest absolute Gasteiger partial charge is 0.380 e. The third-order valence-corrected chi connectivity index (χ3v) is 5.69. The highest BCUT2D eigenvalue weighted by molar-refractivity contribution is 6.04. The first kappa shape index (κ1) is 23.9. The van der Waals surface area contributed by atoms with E-state index in [1.165, 1.54) is 27.9 Å². The third kappa shape index (κ3) is 4.56. The Bertz CT molecular complexity index is 1550. The number of aliphatic hydroxyl groups is 1. The number of aromatic nitrogens is 5. The van der Waals surface area contributed by atoms with Crippen LogP contribution >= 0.6 is 0 Å². The van der Waals surface area contributed by atoms with Crippen molar-refractivity contribution < 1.29 is 24.0 Å². The molecule has 4 aromatic rings. The topological polar surface area (TPSA) is 198 Å². The number of hydrogen-bond donors (Lipinski definition) is 3. The zero-order valence-corrected chi connectivity index (χ0v) is 19.7. The van der Waals surface area contributed by atoms with Crippen molar-refractivity contribution in [2.24, 2.45) is 0 Å². The summed E-state index contributed by atoms with van der Waals surface area (Å²) in [5.74, 6) is -1.01. The molecule has 1 fully saturated rings. The molecule has 5 rings (SSSR count). The van der Waals surface area contributed by atoms with Gasteiger partial charge in [-0.25, -0.2) is 4.68 Å². The van der Waals surface area contributed by atoms with Crippen molar-refractivity contribution in [2.75, 3.05) is 22.5 Å². The number of carbonyl (C=O) groups is 2. The number of amides is 2. The Balaban J connectivity index is 1.36. The molecule has 4 heterocycles. The van der Waals surface area contributed by atoms with Gasteiger partial charge in [-0.05, 0) is 26.0 Å². The van der Waals surface area contributed by atoms with Gasteiger partial charge < -0.3 is 25.4 Å². The summed E-state index contributed by atoms with van der Waals surface area (Å²) in [6, 6.07) is 9.68. The number of morpholine rings is 1. The van der Waals surface area contributed by atoms with E-state index in [-0.39, 0.29) is 23.9 Å². The fourth-order valence-corrected chi connectivity index (χ4v) is 3.96. The number of rotatable bonds is 5. The predicted octanol–water partition coefficient (Wildman–Crippen LogP) is 0.767. The van der Waals surface area contributed by atoms with Gasteiger partial charge in [0.15, 0.2) is 35.1 Å². The standard InChI is InChI=1S/C23H21N9O5/c1-23(2)11-31(17-5-6-32(29-17)14-7-13(9-24)28-26-10-14)22(35)19(36-23)18(33)21(34)27-12-3-4-15-16(8-12)37-30-20(15)25/h3-8,10,18-19,33H,11H2,1-2H3,(H2,25,30)(H,27,34). The van der Waals surface area contributed by atoms with Crippen LogP contribution in [0.4, 0.5) is 17.3 Å². The van der Waals surface area contributed by atoms with Crippen LogP contribution in [-0.2, 0) is 14.3 Å². The first-order chi connectivity index (χ1) is 17.6. The van der Waals surface area contributed by atoms with Gasteiger partial charge in [-0.3, -0.25) is 14.5 Å². The Labute approximate surface area is 209 Å². The molecule has 4 N–H and O–H groups in total. The van der Waals surface area contributed by atoms with Gasteiger partial charge >= 0.3 is 0 Å². The first-order valence-corrected chi connectivity index (χ1v) is 11.1. The maximum atomic E-state index is 13.3. The van der Waals surface area contributed by atoms with Gasteiger partial charge in [0.1, 0.15) is 6.07 Å². The Kier molecular flexibility index (Phi) is 5.78. The molecule has 3 aromatic heterocycles. The number of nitrogens with zero attached hydrogens (tertiary/aromatic N) is 7. The Morgan fingerprint density at radius 1 is 1.35 bits per heavy atom. The van der Waals surface area contributed by atoms with Crippen molar-refractivity contribution in [1.29, 1.82) is 5.26 Å². The molecule has 0 bridgehead atoms. The number of nitrogens with two attached hydrogens (primary N) is 1. The van der Waals surface area contributed by atoms with E-state index in [1.54, 1.807) is 38.2 Å². The molecule has 0 spiro atoms. The second kappa shape index (κ2) is 8.97. The van der Waals surface area contributed by atoms with Crippen LogP contribution in [0.15, 0.2) is 47.2 Å². The number of nitriles is 1. The van der Waals surface area contributed by atoms with E-state index in [9.17, 15) is 14.7 Å². The summed E-state index contributed by atoms with van der Waals surface area (Å²) in [6.07, 6.45) is -0.307. The number of nitrogen functional groups attached to an aromatic ring is 1. The fourth-order valence-electron chi connectivity index (χ4n) is 3.96. The number of nitrogens with one attached hydrogen (secondary N) is 1. The van der Waals surface area contributed by atoms with Gasteiger partial charge in [-0.1, -0.05) is 5.16 Å². The van der Waals surface area contributed by atoms with Crippen LogP contribution in [0, 0.1) is 11.3 Å². The van der Waals surface area contributed by atoms with E-state index >= 15 is 0 Å². The number of fused-ring (bicyclic) bond motifs is 1. The number of carbonyl (C=O) groups excluding carboxylic acids is 2. The summed E-state index contributed by atoms with van der Waals surface area (Å²) in [5.41, 5.74) is 6.04. The zero-order chi connectivity index (χ0) is 26.3. The second-order valence-electron chi connectivity index (χ2n) is 8.96. The minimum absolute atomic E-state index is 0.109. The molecule has 14 nitrogen and oxygen atoms in total. The average molecular weight is 503 g/mol. The van der Waals surface area contributed by atoms with Gasteiger partial charge in [0, 0.05) is 30.1 Å². The molecule has 2 atom stereocenters. The van der Waals surface area contributed by atoms with Crippen molar-refractivity contribution in [3.63, 3.8) is 0 Å². The summed E-state index contributed by atoms with van der Waals surface area (Å²) in [7, 11) is 0. The van der Waals surface area contributed by atoms with E-state index in [0.717, 1.165) is 0 Å². The van der Waals surface area contributed by atoms with Crippen LogP contribution in [0.3, 0.4) is 0 Å². The minimum Gasteiger partial charge on any atom is -0.380 e. The van der Waals surface area contributed by atoms with Crippen molar-refractivity contribution in [1.82, 2.24) is 25.1 Å². The summed E-state index contributed by atoms with van der Waals surface area (Å²) in [5, 5.41) is 38.5. The lowest BCUT2D eigenvalue weighted by Crippen LogP contribution is -2.61. The fraction of sp³-hybridized carbons (Fsp3) is 0.261. The van der Waals surface area contributed by atoms with Crippen LogP contribution in [0.1, 0.15) is 19.5 Å². The third-order valence-electron chi connectivity index (χ3n) is 5.69. The Morgan fingerprint density at radius 2 is 2.16 bits per heavy atom. The smallest absolute Gasteiger partial charge is 0.260 e. The Hall–Kier alpha value is -4.87. The number of ether oxygens (including phenoxy) is 1. The van der Waals surface area contributed by atoms with E-state index in [1.807, 2.05) is 6.07 Å². The predicted molar refractivity (Wildman–Crippen MR) is 128 cm³/mol. The van der Waals surface area contributed by atoms with E-state index < -0.39 is 29.6 Å². The van der Waals surface area contributed by atoms with Gasteiger partial charge in [0.25, 0.3) is 11.8 Å². The van der Waals surface area contributed by atoms with Gasteiger partial charge in [0.2, 0.25) is 0 Å². The second-order valence-corrected chi connectivity index (χ2v) is 8.96. The molecule has 1 saturated heterocycles. The lowest BCUT2D eigenvalue weighted by Gasteiger charge is -2.42. The maximum absolute atomic E-state index is 13.3. The highest BCUT2D eigenvalue weighted by Gasteiger charge is 2.46. The molecule has 37 heavy (non-hydrogen) atoms. The highest BCUT2D eigenvalue weighted by Crippen LogP contribution is 2.29. The molecular formula is C23H21N9O5. The molecule has 0 radical (unpaired) electrons. The molecule has 0 aliphatic carbocycles. The summed E-state index contributed by atoms with van der Waals surface area (Å²) in [6.45, 7) is 3.58. The molecule has 0 saturated carbocycles. The lowest BCUT2D eigenvalue weighted by molar-refractivity contribution is -0.169. The van der Waals surface area contributed by atoms with Crippen molar-refractivity contribution in [3.05, 3.63) is 48.4 Å². The van der Waals surface area contributed by atoms with Gasteiger partial charge in [0.05, 0.1) is 29.4 Å². The Morgan fingerprint density at radius 3 is 2.95 bits per heavy atom. The van der Waals surface area contributed by atoms with Crippen LogP contribution < -0.4 is 16.0 Å². The molecule has 2 unspecified atom stereocenters. The number of hydrogen-bond acceptors (Lipinski definition) is 11. The van der Waals surface area contributed by atoms with Crippen molar-refractivity contribution >= 4 is 40.1 Å². The van der Waals surface area contributed by atoms with Crippen molar-refractivity contribution in [2.45, 2.75) is 31.7 Å². The zero-order valence-electron chi connectivity index (χ0n) is 19.7. The SMILES string of the molecule is CC1(C)CN(c2ccn(-c3cnnc(C#N)c3)n2)C(=O)C(C(O)C(=O)Nc2ccc3c(N)noc3c2)O1.